The first-order valence-corrected chi connectivity index (χ1v) is 9.32. The molecule has 0 amide bonds. The van der Waals surface area contributed by atoms with Crippen molar-refractivity contribution in [3.63, 3.8) is 0 Å². The van der Waals surface area contributed by atoms with E-state index in [1.165, 1.54) is 25.7 Å². The van der Waals surface area contributed by atoms with Gasteiger partial charge in [0.1, 0.15) is 0 Å². The van der Waals surface area contributed by atoms with Crippen LogP contribution in [-0.2, 0) is 0 Å². The Morgan fingerprint density at radius 1 is 1.30 bits per heavy atom. The first-order chi connectivity index (χ1) is 9.38. The molecule has 0 radical (unpaired) electrons. The molecule has 20 heavy (non-hydrogen) atoms. The van der Waals surface area contributed by atoms with Gasteiger partial charge in [0, 0.05) is 23.1 Å². The first-order valence-electron chi connectivity index (χ1n) is 8.38. The number of thioether (sulfide) groups is 1. The average Bonchev–Trinajstić information content (AvgIpc) is 2.36. The number of aliphatic hydroxyl groups excluding tert-OH is 1. The summed E-state index contributed by atoms with van der Waals surface area (Å²) in [7, 11) is 0. The van der Waals surface area contributed by atoms with Crippen LogP contribution in [0, 0.1) is 11.3 Å². The van der Waals surface area contributed by atoms with Crippen LogP contribution in [0.15, 0.2) is 0 Å². The van der Waals surface area contributed by atoms with Crippen LogP contribution in [0.25, 0.3) is 0 Å². The van der Waals surface area contributed by atoms with E-state index in [0.29, 0.717) is 28.6 Å². The zero-order chi connectivity index (χ0) is 15.2. The smallest absolute Gasteiger partial charge is 0.0441 e. The van der Waals surface area contributed by atoms with Crippen molar-refractivity contribution in [3.8, 4) is 0 Å². The molecule has 3 heteroatoms. The third-order valence-electron chi connectivity index (χ3n) is 4.62. The van der Waals surface area contributed by atoms with E-state index in [1.807, 2.05) is 0 Å². The Balaban J connectivity index is 2.62. The van der Waals surface area contributed by atoms with Crippen molar-refractivity contribution in [2.24, 2.45) is 11.3 Å². The van der Waals surface area contributed by atoms with Gasteiger partial charge in [-0.15, -0.1) is 0 Å². The van der Waals surface area contributed by atoms with E-state index in [1.54, 1.807) is 0 Å². The van der Waals surface area contributed by atoms with Gasteiger partial charge in [0.05, 0.1) is 0 Å². The second kappa shape index (κ2) is 8.65. The van der Waals surface area contributed by atoms with Gasteiger partial charge in [0.15, 0.2) is 0 Å². The van der Waals surface area contributed by atoms with Gasteiger partial charge < -0.3 is 10.4 Å². The molecule has 1 saturated carbocycles. The maximum absolute atomic E-state index is 9.13. The van der Waals surface area contributed by atoms with Gasteiger partial charge in [0.2, 0.25) is 0 Å². The number of aliphatic hydroxyl groups is 1. The van der Waals surface area contributed by atoms with Crippen molar-refractivity contribution in [2.45, 2.75) is 83.3 Å². The summed E-state index contributed by atoms with van der Waals surface area (Å²) in [5.41, 5.74) is 0.425. The highest BCUT2D eigenvalue weighted by molar-refractivity contribution is 8.00. The molecular weight excluding hydrogens is 266 g/mol. The highest BCUT2D eigenvalue weighted by Gasteiger charge is 2.36. The van der Waals surface area contributed by atoms with Crippen molar-refractivity contribution in [1.29, 1.82) is 0 Å². The van der Waals surface area contributed by atoms with Crippen LogP contribution in [0.5, 0.6) is 0 Å². The summed E-state index contributed by atoms with van der Waals surface area (Å²) in [6, 6.07) is 0.666. The molecule has 4 unspecified atom stereocenters. The first kappa shape index (κ1) is 18.3. The fraction of sp³-hybridized carbons (Fsp3) is 1.00. The van der Waals surface area contributed by atoms with E-state index < -0.39 is 0 Å². The SMILES string of the molecule is CCCNC1CCC(C(C)(C)C)CC1SC(C)CCO. The summed E-state index contributed by atoms with van der Waals surface area (Å²) in [6.45, 7) is 13.1. The van der Waals surface area contributed by atoms with Crippen LogP contribution in [0.1, 0.15) is 66.7 Å². The minimum absolute atomic E-state index is 0.316. The number of hydrogen-bond acceptors (Lipinski definition) is 3. The van der Waals surface area contributed by atoms with Gasteiger partial charge in [-0.25, -0.2) is 0 Å². The normalized spacial score (nSPS) is 29.4. The number of hydrogen-bond donors (Lipinski definition) is 2. The Kier molecular flexibility index (Phi) is 7.92. The van der Waals surface area contributed by atoms with E-state index in [-0.39, 0.29) is 0 Å². The second-order valence-corrected chi connectivity index (χ2v) is 9.12. The Labute approximate surface area is 130 Å². The quantitative estimate of drug-likeness (QED) is 0.743. The fourth-order valence-electron chi connectivity index (χ4n) is 3.18. The molecule has 2 nitrogen and oxygen atoms in total. The minimum atomic E-state index is 0.316. The molecule has 2 N–H and O–H groups in total. The van der Waals surface area contributed by atoms with Gasteiger partial charge in [-0.3, -0.25) is 0 Å². The minimum Gasteiger partial charge on any atom is -0.396 e. The molecule has 0 bridgehead atoms. The predicted octanol–water partition coefficient (Wildman–Crippen LogP) is 4.07. The molecule has 0 aromatic heterocycles. The van der Waals surface area contributed by atoms with Gasteiger partial charge in [0.25, 0.3) is 0 Å². The average molecular weight is 302 g/mol. The molecule has 0 aromatic rings. The topological polar surface area (TPSA) is 32.3 Å². The third kappa shape index (κ3) is 5.95. The third-order valence-corrected chi connectivity index (χ3v) is 6.19. The summed E-state index contributed by atoms with van der Waals surface area (Å²) in [4.78, 5) is 0. The lowest BCUT2D eigenvalue weighted by Gasteiger charge is -2.42. The molecule has 0 heterocycles. The summed E-state index contributed by atoms with van der Waals surface area (Å²) >= 11 is 2.10. The number of rotatable bonds is 7. The molecule has 120 valence electrons. The number of nitrogens with one attached hydrogen (secondary N) is 1. The van der Waals surface area contributed by atoms with E-state index >= 15 is 0 Å². The lowest BCUT2D eigenvalue weighted by atomic mass is 9.71. The summed E-state index contributed by atoms with van der Waals surface area (Å²) in [6.07, 6.45) is 6.12. The summed E-state index contributed by atoms with van der Waals surface area (Å²) in [5.74, 6) is 0.834. The van der Waals surface area contributed by atoms with Crippen LogP contribution in [0.2, 0.25) is 0 Å². The van der Waals surface area contributed by atoms with Crippen LogP contribution in [0.4, 0.5) is 0 Å². The van der Waals surface area contributed by atoms with Gasteiger partial charge in [-0.2, -0.15) is 11.8 Å². The maximum Gasteiger partial charge on any atom is 0.0441 e. The van der Waals surface area contributed by atoms with Crippen LogP contribution in [-0.4, -0.2) is 34.8 Å². The van der Waals surface area contributed by atoms with Crippen LogP contribution in [0.3, 0.4) is 0 Å². The molecule has 1 rings (SSSR count). The Bertz CT molecular complexity index is 264. The monoisotopic (exact) mass is 301 g/mol. The second-order valence-electron chi connectivity index (χ2n) is 7.43. The van der Waals surface area contributed by atoms with E-state index in [2.05, 4.69) is 51.7 Å². The van der Waals surface area contributed by atoms with Crippen molar-refractivity contribution in [1.82, 2.24) is 5.32 Å². The van der Waals surface area contributed by atoms with Crippen LogP contribution >= 0.6 is 11.8 Å². The van der Waals surface area contributed by atoms with E-state index in [9.17, 15) is 0 Å². The standard InChI is InChI=1S/C17H35NOS/c1-6-10-18-15-8-7-14(17(3,4)5)12-16(15)20-13(2)9-11-19/h13-16,18-19H,6-12H2,1-5H3. The molecule has 1 aliphatic rings. The Hall–Kier alpha value is 0.270. The summed E-state index contributed by atoms with van der Waals surface area (Å²) < 4.78 is 0. The molecule has 0 spiro atoms. The van der Waals surface area contributed by atoms with Crippen LogP contribution < -0.4 is 5.32 Å². The Morgan fingerprint density at radius 2 is 2.00 bits per heavy atom. The highest BCUT2D eigenvalue weighted by atomic mass is 32.2. The zero-order valence-corrected chi connectivity index (χ0v) is 14.9. The fourth-order valence-corrected chi connectivity index (χ4v) is 4.78. The maximum atomic E-state index is 9.13. The molecule has 1 aliphatic carbocycles. The molecule has 4 atom stereocenters. The van der Waals surface area contributed by atoms with Gasteiger partial charge in [-0.1, -0.05) is 34.6 Å². The van der Waals surface area contributed by atoms with Crippen molar-refractivity contribution in [3.05, 3.63) is 0 Å². The largest absolute Gasteiger partial charge is 0.396 e. The van der Waals surface area contributed by atoms with Gasteiger partial charge in [-0.05, 0) is 50.0 Å². The highest BCUT2D eigenvalue weighted by Crippen LogP contribution is 2.42. The van der Waals surface area contributed by atoms with Crippen molar-refractivity contribution >= 4 is 11.8 Å². The molecule has 0 aromatic carbocycles. The van der Waals surface area contributed by atoms with E-state index in [0.717, 1.165) is 18.9 Å². The lowest BCUT2D eigenvalue weighted by Crippen LogP contribution is -2.45. The summed E-state index contributed by atoms with van der Waals surface area (Å²) in [5, 5.41) is 14.2. The Morgan fingerprint density at radius 3 is 2.55 bits per heavy atom. The zero-order valence-electron chi connectivity index (χ0n) is 14.1. The van der Waals surface area contributed by atoms with E-state index in [4.69, 9.17) is 5.11 Å². The molecule has 0 aliphatic heterocycles. The van der Waals surface area contributed by atoms with Gasteiger partial charge >= 0.3 is 0 Å². The molecular formula is C17H35NOS. The van der Waals surface area contributed by atoms with Crippen molar-refractivity contribution < 1.29 is 5.11 Å². The van der Waals surface area contributed by atoms with Crippen molar-refractivity contribution in [2.75, 3.05) is 13.2 Å². The molecule has 1 fully saturated rings. The lowest BCUT2D eigenvalue weighted by molar-refractivity contribution is 0.164. The molecule has 0 saturated heterocycles. The predicted molar refractivity (Wildman–Crippen MR) is 91.4 cm³/mol.